The van der Waals surface area contributed by atoms with Gasteiger partial charge in [0.15, 0.2) is 0 Å². The average Bonchev–Trinajstić information content (AvgIpc) is 3.00. The molecule has 0 N–H and O–H groups in total. The molecule has 0 saturated carbocycles. The second-order valence-electron chi connectivity index (χ2n) is 5.54. The zero-order valence-corrected chi connectivity index (χ0v) is 13.7. The van der Waals surface area contributed by atoms with Crippen LogP contribution in [0.4, 0.5) is 10.5 Å². The molecule has 5 nitrogen and oxygen atoms in total. The fourth-order valence-corrected chi connectivity index (χ4v) is 2.53. The Labute approximate surface area is 141 Å². The third-order valence-electron chi connectivity index (χ3n) is 3.78. The van der Waals surface area contributed by atoms with Crippen molar-refractivity contribution in [3.05, 3.63) is 60.2 Å². The lowest BCUT2D eigenvalue weighted by Crippen LogP contribution is -2.25. The van der Waals surface area contributed by atoms with E-state index >= 15 is 0 Å². The van der Waals surface area contributed by atoms with E-state index in [1.54, 1.807) is 4.90 Å². The van der Waals surface area contributed by atoms with Crippen LogP contribution in [0.15, 0.2) is 54.6 Å². The molecule has 0 spiro atoms. The van der Waals surface area contributed by atoms with Crippen LogP contribution >= 0.6 is 0 Å². The number of rotatable bonds is 7. The van der Waals surface area contributed by atoms with Gasteiger partial charge in [-0.1, -0.05) is 30.3 Å². The molecule has 1 aliphatic heterocycles. The van der Waals surface area contributed by atoms with E-state index in [4.69, 9.17) is 14.2 Å². The number of anilines is 1. The van der Waals surface area contributed by atoms with Gasteiger partial charge in [0.05, 0.1) is 13.2 Å². The third-order valence-corrected chi connectivity index (χ3v) is 3.78. The number of carbonyl (C=O) groups excluding carboxylic acids is 1. The Morgan fingerprint density at radius 3 is 2.58 bits per heavy atom. The molecule has 24 heavy (non-hydrogen) atoms. The molecule has 2 aromatic carbocycles. The molecule has 0 bridgehead atoms. The van der Waals surface area contributed by atoms with Crippen molar-refractivity contribution in [3.8, 4) is 5.75 Å². The molecule has 0 aliphatic carbocycles. The molecule has 126 valence electrons. The van der Waals surface area contributed by atoms with Gasteiger partial charge in [-0.15, -0.1) is 0 Å². The number of cyclic esters (lactones) is 1. The number of carbonyl (C=O) groups is 1. The lowest BCUT2D eigenvalue weighted by Gasteiger charge is -2.14. The zero-order valence-electron chi connectivity index (χ0n) is 13.7. The highest BCUT2D eigenvalue weighted by Gasteiger charge is 2.32. The van der Waals surface area contributed by atoms with Crippen LogP contribution in [0.5, 0.6) is 5.75 Å². The Balaban J connectivity index is 1.57. The second kappa shape index (κ2) is 7.84. The van der Waals surface area contributed by atoms with Crippen molar-refractivity contribution in [2.24, 2.45) is 0 Å². The van der Waals surface area contributed by atoms with E-state index in [0.717, 1.165) is 17.0 Å². The summed E-state index contributed by atoms with van der Waals surface area (Å²) >= 11 is 0. The minimum Gasteiger partial charge on any atom is -0.489 e. The van der Waals surface area contributed by atoms with Gasteiger partial charge in [-0.25, -0.2) is 4.79 Å². The van der Waals surface area contributed by atoms with E-state index in [2.05, 4.69) is 0 Å². The summed E-state index contributed by atoms with van der Waals surface area (Å²) in [4.78, 5) is 13.6. The van der Waals surface area contributed by atoms with Crippen molar-refractivity contribution in [3.63, 3.8) is 0 Å². The SMILES string of the molecule is CCOCC1CN(c2ccc(OCc3ccccc3)cc2)C(=O)O1. The van der Waals surface area contributed by atoms with Gasteiger partial charge in [-0.05, 0) is 36.8 Å². The summed E-state index contributed by atoms with van der Waals surface area (Å²) in [7, 11) is 0. The van der Waals surface area contributed by atoms with Crippen LogP contribution in [0.3, 0.4) is 0 Å². The van der Waals surface area contributed by atoms with Gasteiger partial charge in [0, 0.05) is 12.3 Å². The Morgan fingerprint density at radius 1 is 1.12 bits per heavy atom. The van der Waals surface area contributed by atoms with Crippen LogP contribution in [0.1, 0.15) is 12.5 Å². The molecule has 1 amide bonds. The number of ether oxygens (including phenoxy) is 3. The maximum absolute atomic E-state index is 12.0. The first-order chi connectivity index (χ1) is 11.8. The van der Waals surface area contributed by atoms with E-state index in [0.29, 0.717) is 26.4 Å². The molecule has 0 radical (unpaired) electrons. The molecule has 1 aliphatic rings. The summed E-state index contributed by atoms with van der Waals surface area (Å²) < 4.78 is 16.4. The standard InChI is InChI=1S/C19H21NO4/c1-2-22-14-18-12-20(19(21)24-18)16-8-10-17(11-9-16)23-13-15-6-4-3-5-7-15/h3-11,18H,2,12-14H2,1H3. The largest absolute Gasteiger partial charge is 0.489 e. The highest BCUT2D eigenvalue weighted by atomic mass is 16.6. The summed E-state index contributed by atoms with van der Waals surface area (Å²) in [6, 6.07) is 17.4. The van der Waals surface area contributed by atoms with Crippen LogP contribution in [0.2, 0.25) is 0 Å². The fourth-order valence-electron chi connectivity index (χ4n) is 2.53. The Bertz CT molecular complexity index is 657. The molecular weight excluding hydrogens is 306 g/mol. The zero-order chi connectivity index (χ0) is 16.8. The first-order valence-corrected chi connectivity index (χ1v) is 8.09. The monoisotopic (exact) mass is 327 g/mol. The summed E-state index contributed by atoms with van der Waals surface area (Å²) in [5.74, 6) is 0.765. The molecule has 5 heteroatoms. The molecule has 1 fully saturated rings. The van der Waals surface area contributed by atoms with Gasteiger partial charge >= 0.3 is 6.09 Å². The first kappa shape index (κ1) is 16.3. The number of hydrogen-bond donors (Lipinski definition) is 0. The van der Waals surface area contributed by atoms with Gasteiger partial charge in [-0.3, -0.25) is 4.90 Å². The second-order valence-corrected chi connectivity index (χ2v) is 5.54. The van der Waals surface area contributed by atoms with Crippen molar-refractivity contribution in [2.75, 3.05) is 24.7 Å². The van der Waals surface area contributed by atoms with Crippen molar-refractivity contribution < 1.29 is 19.0 Å². The fraction of sp³-hybridized carbons (Fsp3) is 0.316. The first-order valence-electron chi connectivity index (χ1n) is 8.09. The minimum absolute atomic E-state index is 0.216. The number of hydrogen-bond acceptors (Lipinski definition) is 4. The highest BCUT2D eigenvalue weighted by molar-refractivity contribution is 5.89. The molecule has 1 saturated heterocycles. The molecule has 1 unspecified atom stereocenters. The predicted molar refractivity (Wildman–Crippen MR) is 91.3 cm³/mol. The van der Waals surface area contributed by atoms with Crippen LogP contribution < -0.4 is 9.64 Å². The maximum Gasteiger partial charge on any atom is 0.414 e. The molecular formula is C19H21NO4. The van der Waals surface area contributed by atoms with Crippen molar-refractivity contribution in [2.45, 2.75) is 19.6 Å². The van der Waals surface area contributed by atoms with Gasteiger partial charge < -0.3 is 14.2 Å². The topological polar surface area (TPSA) is 48.0 Å². The van der Waals surface area contributed by atoms with Gasteiger partial charge in [0.1, 0.15) is 18.5 Å². The summed E-state index contributed by atoms with van der Waals surface area (Å²) in [5.41, 5.74) is 1.91. The van der Waals surface area contributed by atoms with Crippen molar-refractivity contribution >= 4 is 11.8 Å². The highest BCUT2D eigenvalue weighted by Crippen LogP contribution is 2.24. The minimum atomic E-state index is -0.336. The Kier molecular flexibility index (Phi) is 5.33. The van der Waals surface area contributed by atoms with E-state index in [1.807, 2.05) is 61.5 Å². The summed E-state index contributed by atoms with van der Waals surface area (Å²) in [6.07, 6.45) is -0.552. The van der Waals surface area contributed by atoms with E-state index in [-0.39, 0.29) is 12.2 Å². The normalized spacial score (nSPS) is 17.0. The number of benzene rings is 2. The van der Waals surface area contributed by atoms with Crippen LogP contribution in [-0.4, -0.2) is 32.0 Å². The smallest absolute Gasteiger partial charge is 0.414 e. The van der Waals surface area contributed by atoms with Crippen LogP contribution in [0.25, 0.3) is 0 Å². The molecule has 1 heterocycles. The maximum atomic E-state index is 12.0. The van der Waals surface area contributed by atoms with Crippen LogP contribution in [-0.2, 0) is 16.1 Å². The van der Waals surface area contributed by atoms with Crippen molar-refractivity contribution in [1.82, 2.24) is 0 Å². The Morgan fingerprint density at radius 2 is 1.88 bits per heavy atom. The molecule has 3 rings (SSSR count). The lowest BCUT2D eigenvalue weighted by atomic mass is 10.2. The lowest BCUT2D eigenvalue weighted by molar-refractivity contribution is 0.0516. The molecule has 2 aromatic rings. The molecule has 0 aromatic heterocycles. The van der Waals surface area contributed by atoms with Gasteiger partial charge in [0.25, 0.3) is 0 Å². The summed E-state index contributed by atoms with van der Waals surface area (Å²) in [6.45, 7) is 3.98. The van der Waals surface area contributed by atoms with Crippen molar-refractivity contribution in [1.29, 1.82) is 0 Å². The van der Waals surface area contributed by atoms with E-state index in [9.17, 15) is 4.79 Å². The quantitative estimate of drug-likeness (QED) is 0.779. The van der Waals surface area contributed by atoms with Crippen LogP contribution in [0, 0.1) is 0 Å². The summed E-state index contributed by atoms with van der Waals surface area (Å²) in [5, 5.41) is 0. The number of nitrogens with zero attached hydrogens (tertiary/aromatic N) is 1. The Hall–Kier alpha value is -2.53. The predicted octanol–water partition coefficient (Wildman–Crippen LogP) is 3.63. The number of amides is 1. The average molecular weight is 327 g/mol. The van der Waals surface area contributed by atoms with E-state index < -0.39 is 0 Å². The van der Waals surface area contributed by atoms with Gasteiger partial charge in [-0.2, -0.15) is 0 Å². The van der Waals surface area contributed by atoms with Gasteiger partial charge in [0.2, 0.25) is 0 Å². The third kappa shape index (κ3) is 4.06. The van der Waals surface area contributed by atoms with E-state index in [1.165, 1.54) is 0 Å². The molecule has 1 atom stereocenters.